The van der Waals surface area contributed by atoms with E-state index < -0.39 is 42.3 Å². The van der Waals surface area contributed by atoms with E-state index in [1.807, 2.05) is 0 Å². The highest BCUT2D eigenvalue weighted by Gasteiger charge is 2.43. The first-order chi connectivity index (χ1) is 17.5. The van der Waals surface area contributed by atoms with Crippen LogP contribution in [0.4, 0.5) is 0 Å². The predicted molar refractivity (Wildman–Crippen MR) is 134 cm³/mol. The van der Waals surface area contributed by atoms with Crippen LogP contribution in [0.1, 0.15) is 43.1 Å². The minimum atomic E-state index is -1.17. The minimum Gasteiger partial charge on any atom is -0.497 e. The summed E-state index contributed by atoms with van der Waals surface area (Å²) in [6.07, 6.45) is 2.88. The third-order valence-corrected chi connectivity index (χ3v) is 5.46. The maximum absolute atomic E-state index is 12.0. The van der Waals surface area contributed by atoms with Crippen molar-refractivity contribution in [2.24, 2.45) is 0 Å². The Morgan fingerprint density at radius 1 is 1.11 bits per heavy atom. The fraction of sp³-hybridized carbons (Fsp3) is 0.577. The average Bonchev–Trinajstić information content (AvgIpc) is 3.15. The van der Waals surface area contributed by atoms with E-state index in [0.717, 1.165) is 0 Å². The molecular formula is C26H38O11. The van der Waals surface area contributed by atoms with E-state index in [4.69, 9.17) is 33.2 Å². The Morgan fingerprint density at radius 3 is 2.41 bits per heavy atom. The quantitative estimate of drug-likeness (QED) is 0.229. The van der Waals surface area contributed by atoms with E-state index in [1.54, 1.807) is 45.1 Å². The van der Waals surface area contributed by atoms with Crippen LogP contribution in [-0.2, 0) is 23.7 Å². The second-order valence-corrected chi connectivity index (χ2v) is 8.88. The number of hydrogen-bond acceptors (Lipinski definition) is 10. The number of methoxy groups -OCH3 is 3. The van der Waals surface area contributed by atoms with Crippen molar-refractivity contribution in [3.05, 3.63) is 41.5 Å². The summed E-state index contributed by atoms with van der Waals surface area (Å²) in [5.41, 5.74) is 0.320. The Labute approximate surface area is 217 Å². The molecule has 37 heavy (non-hydrogen) atoms. The standard InChI is InChI=1S/C26H38O11/c1-16(27)20(34-14-31-4)11-10-19(28)24-21(36-26(2,3)37-24)9-7-8-17-12-18(33-6)13-22(35-15-32-5)23(17)25(29)30/h7-8,10-13,16,19-21,24,27-28H,9,14-15H2,1-6H3,(H,29,30)/b8-7+,11-10-/t16-,19?,20+,21-,24+/m0/s1. The maximum atomic E-state index is 12.0. The molecule has 1 aromatic rings. The number of carboxylic acids is 1. The minimum absolute atomic E-state index is 0.0136. The van der Waals surface area contributed by atoms with E-state index in [1.165, 1.54) is 33.5 Å². The number of aromatic carboxylic acids is 1. The van der Waals surface area contributed by atoms with Crippen molar-refractivity contribution in [3.63, 3.8) is 0 Å². The fourth-order valence-corrected chi connectivity index (χ4v) is 3.82. The van der Waals surface area contributed by atoms with E-state index in [2.05, 4.69) is 0 Å². The Bertz CT molecular complexity index is 925. The van der Waals surface area contributed by atoms with Crippen LogP contribution in [0, 0.1) is 0 Å². The van der Waals surface area contributed by atoms with Crippen LogP contribution in [0.3, 0.4) is 0 Å². The second-order valence-electron chi connectivity index (χ2n) is 8.88. The normalized spacial score (nSPS) is 21.8. The number of carboxylic acid groups (broad SMARTS) is 1. The molecule has 2 rings (SSSR count). The SMILES string of the molecule is COCOc1cc(OC)cc(/C=C/C[C@@H]2OC(C)(C)O[C@@H]2C(O)/C=C\[C@@H](OCOC)[C@H](C)O)c1C(=O)O. The Kier molecular flexibility index (Phi) is 12.0. The summed E-state index contributed by atoms with van der Waals surface area (Å²) in [4.78, 5) is 12.0. The molecule has 11 nitrogen and oxygen atoms in total. The highest BCUT2D eigenvalue weighted by molar-refractivity contribution is 5.95. The second kappa shape index (κ2) is 14.4. The summed E-state index contributed by atoms with van der Waals surface area (Å²) < 4.78 is 37.8. The molecule has 3 N–H and O–H groups in total. The first-order valence-electron chi connectivity index (χ1n) is 11.8. The van der Waals surface area contributed by atoms with Gasteiger partial charge in [0, 0.05) is 20.3 Å². The van der Waals surface area contributed by atoms with Gasteiger partial charge in [-0.3, -0.25) is 0 Å². The number of rotatable bonds is 15. The smallest absolute Gasteiger partial charge is 0.340 e. The third-order valence-electron chi connectivity index (χ3n) is 5.46. The zero-order valence-corrected chi connectivity index (χ0v) is 22.1. The molecule has 208 valence electrons. The van der Waals surface area contributed by atoms with Gasteiger partial charge in [-0.05, 0) is 38.8 Å². The van der Waals surface area contributed by atoms with Crippen LogP contribution in [0.5, 0.6) is 11.5 Å². The predicted octanol–water partition coefficient (Wildman–Crippen LogP) is 2.59. The van der Waals surface area contributed by atoms with Crippen molar-refractivity contribution in [1.82, 2.24) is 0 Å². The number of ether oxygens (including phenoxy) is 7. The number of benzene rings is 1. The van der Waals surface area contributed by atoms with E-state index >= 15 is 0 Å². The Morgan fingerprint density at radius 2 is 1.81 bits per heavy atom. The van der Waals surface area contributed by atoms with E-state index in [0.29, 0.717) is 17.7 Å². The molecular weight excluding hydrogens is 488 g/mol. The molecule has 0 bridgehead atoms. The van der Waals surface area contributed by atoms with Crippen molar-refractivity contribution in [1.29, 1.82) is 0 Å². The van der Waals surface area contributed by atoms with Gasteiger partial charge in [-0.2, -0.15) is 0 Å². The van der Waals surface area contributed by atoms with Gasteiger partial charge in [-0.25, -0.2) is 4.79 Å². The third kappa shape index (κ3) is 9.08. The largest absolute Gasteiger partial charge is 0.497 e. The fourth-order valence-electron chi connectivity index (χ4n) is 3.82. The summed E-state index contributed by atoms with van der Waals surface area (Å²) >= 11 is 0. The zero-order valence-electron chi connectivity index (χ0n) is 22.1. The van der Waals surface area contributed by atoms with Gasteiger partial charge >= 0.3 is 5.97 Å². The van der Waals surface area contributed by atoms with Crippen LogP contribution >= 0.6 is 0 Å². The first-order valence-corrected chi connectivity index (χ1v) is 11.8. The molecule has 0 aromatic heterocycles. The van der Waals surface area contributed by atoms with E-state index in [9.17, 15) is 20.1 Å². The molecule has 0 amide bonds. The zero-order chi connectivity index (χ0) is 27.6. The lowest BCUT2D eigenvalue weighted by atomic mass is 10.0. The maximum Gasteiger partial charge on any atom is 0.340 e. The average molecular weight is 527 g/mol. The summed E-state index contributed by atoms with van der Waals surface area (Å²) in [5, 5.41) is 30.5. The van der Waals surface area contributed by atoms with Gasteiger partial charge < -0.3 is 48.5 Å². The Balaban J connectivity index is 2.23. The molecule has 1 fully saturated rings. The summed E-state index contributed by atoms with van der Waals surface area (Å²) in [6, 6.07) is 3.06. The van der Waals surface area contributed by atoms with Crippen molar-refractivity contribution >= 4 is 12.0 Å². The molecule has 0 radical (unpaired) electrons. The van der Waals surface area contributed by atoms with Gasteiger partial charge in [0.15, 0.2) is 12.6 Å². The molecule has 1 aliphatic rings. The van der Waals surface area contributed by atoms with Crippen LogP contribution < -0.4 is 9.47 Å². The molecule has 1 aliphatic heterocycles. The topological polar surface area (TPSA) is 142 Å². The molecule has 0 saturated carbocycles. The first kappa shape index (κ1) is 30.7. The molecule has 1 heterocycles. The van der Waals surface area contributed by atoms with Crippen molar-refractivity contribution in [2.45, 2.75) is 63.5 Å². The van der Waals surface area contributed by atoms with Crippen LogP contribution in [-0.4, -0.2) is 92.5 Å². The Hall–Kier alpha value is -2.51. The molecule has 5 atom stereocenters. The lowest BCUT2D eigenvalue weighted by molar-refractivity contribution is -0.152. The van der Waals surface area contributed by atoms with Crippen molar-refractivity contribution < 1.29 is 53.3 Å². The lowest BCUT2D eigenvalue weighted by Gasteiger charge is -2.21. The number of carbonyl (C=O) groups is 1. The van der Waals surface area contributed by atoms with Gasteiger partial charge in [0.1, 0.15) is 42.2 Å². The van der Waals surface area contributed by atoms with Gasteiger partial charge in [0.2, 0.25) is 0 Å². The number of aliphatic hydroxyl groups is 2. The van der Waals surface area contributed by atoms with E-state index in [-0.39, 0.29) is 24.9 Å². The van der Waals surface area contributed by atoms with Crippen LogP contribution in [0.25, 0.3) is 6.08 Å². The molecule has 0 spiro atoms. The molecule has 0 aliphatic carbocycles. The number of aliphatic hydroxyl groups excluding tert-OH is 2. The van der Waals surface area contributed by atoms with Gasteiger partial charge in [0.05, 0.1) is 19.3 Å². The summed E-state index contributed by atoms with van der Waals surface area (Å²) in [6.45, 7) is 4.91. The van der Waals surface area contributed by atoms with Crippen molar-refractivity contribution in [2.75, 3.05) is 34.9 Å². The van der Waals surface area contributed by atoms with Gasteiger partial charge in [-0.15, -0.1) is 0 Å². The van der Waals surface area contributed by atoms with Gasteiger partial charge in [-0.1, -0.05) is 24.3 Å². The van der Waals surface area contributed by atoms with Crippen LogP contribution in [0.15, 0.2) is 30.4 Å². The van der Waals surface area contributed by atoms with Gasteiger partial charge in [0.25, 0.3) is 0 Å². The lowest BCUT2D eigenvalue weighted by Crippen LogP contribution is -2.34. The molecule has 1 saturated heterocycles. The van der Waals surface area contributed by atoms with Crippen molar-refractivity contribution in [3.8, 4) is 11.5 Å². The summed E-state index contributed by atoms with van der Waals surface area (Å²) in [5.74, 6) is -1.59. The number of hydrogen-bond donors (Lipinski definition) is 3. The molecule has 11 heteroatoms. The molecule has 1 aromatic carbocycles. The monoisotopic (exact) mass is 526 g/mol. The summed E-state index contributed by atoms with van der Waals surface area (Å²) in [7, 11) is 4.38. The highest BCUT2D eigenvalue weighted by atomic mass is 16.8. The molecule has 1 unspecified atom stereocenters. The highest BCUT2D eigenvalue weighted by Crippen LogP contribution is 2.34. The van der Waals surface area contributed by atoms with Crippen LogP contribution in [0.2, 0.25) is 0 Å².